The van der Waals surface area contributed by atoms with Crippen LogP contribution in [-0.2, 0) is 5.41 Å². The van der Waals surface area contributed by atoms with Crippen LogP contribution in [0, 0.1) is 0 Å². The molecule has 0 heterocycles. The second kappa shape index (κ2) is 14.2. The largest absolute Gasteiger partial charge is 0.317 e. The molecule has 0 spiro atoms. The Morgan fingerprint density at radius 3 is 1.94 bits per heavy atom. The van der Waals surface area contributed by atoms with E-state index in [9.17, 15) is 0 Å². The molecule has 0 fully saturated rings. The van der Waals surface area contributed by atoms with Crippen LogP contribution in [0.25, 0.3) is 44.5 Å². The Kier molecular flexibility index (Phi) is 9.02. The zero-order valence-electron chi connectivity index (χ0n) is 30.0. The Labute approximate surface area is 308 Å². The van der Waals surface area contributed by atoms with Crippen molar-refractivity contribution >= 4 is 22.5 Å². The van der Waals surface area contributed by atoms with Gasteiger partial charge in [0.05, 0.1) is 0 Å². The molecule has 6 aromatic carbocycles. The van der Waals surface area contributed by atoms with Gasteiger partial charge >= 0.3 is 0 Å². The van der Waals surface area contributed by atoms with E-state index in [1.165, 1.54) is 55.7 Å². The van der Waals surface area contributed by atoms with Gasteiger partial charge in [-0.2, -0.15) is 0 Å². The summed E-state index contributed by atoms with van der Waals surface area (Å²) in [6.07, 6.45) is 15.3. The maximum atomic E-state index is 4.10. The van der Waals surface area contributed by atoms with Gasteiger partial charge in [-0.05, 0) is 116 Å². The second-order valence-electron chi connectivity index (χ2n) is 14.1. The average Bonchev–Trinajstić information content (AvgIpc) is 3.44. The third kappa shape index (κ3) is 6.31. The highest BCUT2D eigenvalue weighted by molar-refractivity contribution is 5.90. The first-order valence-corrected chi connectivity index (χ1v) is 18.3. The lowest BCUT2D eigenvalue weighted by Gasteiger charge is -2.25. The third-order valence-corrected chi connectivity index (χ3v) is 10.6. The minimum atomic E-state index is -0.0183. The quantitative estimate of drug-likeness (QED) is 0.139. The molecule has 8 rings (SSSR count). The maximum Gasteiger partial charge on any atom is 0.0462 e. The summed E-state index contributed by atoms with van der Waals surface area (Å²) in [7, 11) is 0. The molecule has 0 amide bonds. The van der Waals surface area contributed by atoms with Crippen LogP contribution < -0.4 is 4.90 Å². The molecule has 52 heavy (non-hydrogen) atoms. The molecule has 0 N–H and O–H groups in total. The van der Waals surface area contributed by atoms with Gasteiger partial charge in [-0.3, -0.25) is 0 Å². The molecular formula is C51H43N. The zero-order valence-corrected chi connectivity index (χ0v) is 30.0. The van der Waals surface area contributed by atoms with Crippen molar-refractivity contribution in [3.63, 3.8) is 0 Å². The summed E-state index contributed by atoms with van der Waals surface area (Å²) in [6, 6.07) is 54.7. The molecule has 0 aliphatic heterocycles. The fraction of sp³-hybridized carbons (Fsp3) is 0.0980. The molecule has 0 atom stereocenters. The molecule has 6 aromatic rings. The van der Waals surface area contributed by atoms with Gasteiger partial charge in [-0.25, -0.2) is 0 Å². The molecule has 1 nitrogen and oxygen atoms in total. The first-order chi connectivity index (χ1) is 25.5. The summed E-state index contributed by atoms with van der Waals surface area (Å²) in [4.78, 5) is 2.28. The number of benzene rings is 6. The molecule has 1 heteroatoms. The van der Waals surface area contributed by atoms with Crippen LogP contribution in [0.3, 0.4) is 0 Å². The lowest BCUT2D eigenvalue weighted by Crippen LogP contribution is -2.16. The van der Waals surface area contributed by atoms with Crippen molar-refractivity contribution in [3.05, 3.63) is 217 Å². The number of anilines is 2. The van der Waals surface area contributed by atoms with Gasteiger partial charge in [0.2, 0.25) is 0 Å². The van der Waals surface area contributed by atoms with Crippen LogP contribution in [0.1, 0.15) is 43.4 Å². The third-order valence-electron chi connectivity index (χ3n) is 10.6. The number of nitrogens with zero attached hydrogens (tertiary/aromatic N) is 1. The van der Waals surface area contributed by atoms with Gasteiger partial charge in [-0.15, -0.1) is 0 Å². The number of allylic oxidation sites excluding steroid dienone is 8. The van der Waals surface area contributed by atoms with E-state index < -0.39 is 0 Å². The lowest BCUT2D eigenvalue weighted by molar-refractivity contribution is 0.651. The van der Waals surface area contributed by atoms with Crippen molar-refractivity contribution in [1.29, 1.82) is 0 Å². The van der Waals surface area contributed by atoms with Crippen molar-refractivity contribution in [2.24, 2.45) is 0 Å². The highest BCUT2D eigenvalue weighted by Gasteiger charge is 2.37. The van der Waals surface area contributed by atoms with Crippen molar-refractivity contribution in [3.8, 4) is 33.4 Å². The Morgan fingerprint density at radius 1 is 0.615 bits per heavy atom. The summed E-state index contributed by atoms with van der Waals surface area (Å²) in [5.41, 5.74) is 17.5. The Hall–Kier alpha value is -6.18. The van der Waals surface area contributed by atoms with Gasteiger partial charge in [-0.1, -0.05) is 166 Å². The molecule has 0 radical (unpaired) electrons. The van der Waals surface area contributed by atoms with E-state index in [0.29, 0.717) is 0 Å². The van der Waals surface area contributed by atoms with Crippen molar-refractivity contribution in [1.82, 2.24) is 0 Å². The minimum absolute atomic E-state index is 0.0183. The molecule has 2 aliphatic rings. The predicted octanol–water partition coefficient (Wildman–Crippen LogP) is 14.0. The summed E-state index contributed by atoms with van der Waals surface area (Å²) < 4.78 is 0. The first kappa shape index (κ1) is 33.0. The van der Waals surface area contributed by atoms with E-state index in [2.05, 4.69) is 201 Å². The van der Waals surface area contributed by atoms with Crippen molar-refractivity contribution in [2.45, 2.75) is 32.1 Å². The van der Waals surface area contributed by atoms with E-state index in [-0.39, 0.29) is 5.41 Å². The van der Waals surface area contributed by atoms with Crippen LogP contribution in [-0.4, -0.2) is 0 Å². The minimum Gasteiger partial charge on any atom is -0.317 e. The van der Waals surface area contributed by atoms with Gasteiger partial charge in [0.25, 0.3) is 0 Å². The topological polar surface area (TPSA) is 3.24 Å². The summed E-state index contributed by atoms with van der Waals surface area (Å²) >= 11 is 0. The van der Waals surface area contributed by atoms with E-state index in [1.807, 2.05) is 12.1 Å². The zero-order chi connectivity index (χ0) is 35.5. The van der Waals surface area contributed by atoms with Crippen LogP contribution >= 0.6 is 0 Å². The van der Waals surface area contributed by atoms with Crippen LogP contribution in [0.4, 0.5) is 11.4 Å². The Morgan fingerprint density at radius 2 is 1.23 bits per heavy atom. The Balaban J connectivity index is 1.24. The van der Waals surface area contributed by atoms with E-state index in [0.717, 1.165) is 35.4 Å². The SMILES string of the molecule is C=C/C(=C\C=C\N(c1ccc(-c2ccccc2)cc1)c1ccc(-c2ccc3c(c2)C(C)(C)C2=C3CCC=C2)c(-c2ccccc2)c1)c1ccccc1. The van der Waals surface area contributed by atoms with Gasteiger partial charge < -0.3 is 4.90 Å². The summed E-state index contributed by atoms with van der Waals surface area (Å²) in [5, 5.41) is 0. The first-order valence-electron chi connectivity index (χ1n) is 18.3. The van der Waals surface area contributed by atoms with Crippen LogP contribution in [0.5, 0.6) is 0 Å². The highest BCUT2D eigenvalue weighted by Crippen LogP contribution is 2.51. The summed E-state index contributed by atoms with van der Waals surface area (Å²) in [6.45, 7) is 8.87. The van der Waals surface area contributed by atoms with E-state index in [1.54, 1.807) is 0 Å². The van der Waals surface area contributed by atoms with E-state index in [4.69, 9.17) is 0 Å². The Bertz CT molecular complexity index is 2350. The van der Waals surface area contributed by atoms with Crippen LogP contribution in [0.2, 0.25) is 0 Å². The summed E-state index contributed by atoms with van der Waals surface area (Å²) in [5.74, 6) is 0. The molecule has 0 saturated carbocycles. The molecule has 0 bridgehead atoms. The standard InChI is InChI=1S/C51H43N/c1-4-37(38-17-8-5-9-18-38)23-16-34-52(43-29-26-40(27-30-43)39-19-10-6-11-20-39)44-31-33-45(48(36-44)41-21-12-7-13-22-41)42-28-32-47-46-24-14-15-25-49(46)51(2,3)50(47)35-42/h4-13,15-23,25-36H,1,14,24H2,2-3H3/b34-16+,37-23+. The molecule has 2 aliphatic carbocycles. The molecule has 0 saturated heterocycles. The number of rotatable bonds is 9. The van der Waals surface area contributed by atoms with Gasteiger partial charge in [0, 0.05) is 23.0 Å². The highest BCUT2D eigenvalue weighted by atomic mass is 15.1. The molecule has 0 aromatic heterocycles. The van der Waals surface area contributed by atoms with Crippen molar-refractivity contribution in [2.75, 3.05) is 4.90 Å². The lowest BCUT2D eigenvalue weighted by atomic mass is 9.79. The number of hydrogen-bond acceptors (Lipinski definition) is 1. The smallest absolute Gasteiger partial charge is 0.0462 e. The monoisotopic (exact) mass is 669 g/mol. The van der Waals surface area contributed by atoms with E-state index >= 15 is 0 Å². The normalized spacial score (nSPS) is 14.7. The molecule has 0 unspecified atom stereocenters. The molecule has 252 valence electrons. The predicted molar refractivity (Wildman–Crippen MR) is 223 cm³/mol. The molecular weight excluding hydrogens is 627 g/mol. The van der Waals surface area contributed by atoms with Crippen LogP contribution in [0.15, 0.2) is 200 Å². The number of hydrogen-bond donors (Lipinski definition) is 0. The fourth-order valence-electron chi connectivity index (χ4n) is 7.87. The van der Waals surface area contributed by atoms with Gasteiger partial charge in [0.1, 0.15) is 0 Å². The maximum absolute atomic E-state index is 4.10. The van der Waals surface area contributed by atoms with Crippen molar-refractivity contribution < 1.29 is 0 Å². The fourth-order valence-corrected chi connectivity index (χ4v) is 7.87. The number of fused-ring (bicyclic) bond motifs is 2. The van der Waals surface area contributed by atoms with Gasteiger partial charge in [0.15, 0.2) is 0 Å². The average molecular weight is 670 g/mol. The second-order valence-corrected chi connectivity index (χ2v) is 14.1.